The molecular weight excluding hydrogens is 416 g/mol. The maximum absolute atomic E-state index is 12.7. The lowest BCUT2D eigenvalue weighted by Crippen LogP contribution is -2.48. The lowest BCUT2D eigenvalue weighted by atomic mass is 10.0. The quantitative estimate of drug-likeness (QED) is 0.461. The van der Waals surface area contributed by atoms with Crippen LogP contribution in [0.15, 0.2) is 84.9 Å². The molecule has 3 rings (SSSR count). The van der Waals surface area contributed by atoms with Crippen molar-refractivity contribution in [3.8, 4) is 11.1 Å². The number of ether oxygens (including phenoxy) is 1. The number of nitrogens with one attached hydrogen (secondary N) is 1. The third-order valence-corrected chi connectivity index (χ3v) is 5.31. The summed E-state index contributed by atoms with van der Waals surface area (Å²) in [4.78, 5) is 26.4. The first kappa shape index (κ1) is 24.0. The Morgan fingerprint density at radius 3 is 2.09 bits per heavy atom. The summed E-state index contributed by atoms with van der Waals surface area (Å²) in [7, 11) is 0. The van der Waals surface area contributed by atoms with Crippen LogP contribution in [0.3, 0.4) is 0 Å². The van der Waals surface area contributed by atoms with Gasteiger partial charge in [-0.05, 0) is 35.6 Å². The minimum absolute atomic E-state index is 0.152. The van der Waals surface area contributed by atoms with Gasteiger partial charge >= 0.3 is 12.0 Å². The monoisotopic (exact) mass is 446 g/mol. The van der Waals surface area contributed by atoms with Gasteiger partial charge in [0.15, 0.2) is 0 Å². The Morgan fingerprint density at radius 2 is 1.45 bits per heavy atom. The number of rotatable bonds is 10. The molecule has 1 atom stereocenters. The lowest BCUT2D eigenvalue weighted by Gasteiger charge is -2.24. The number of aliphatic hydroxyl groups excluding tert-OH is 1. The van der Waals surface area contributed by atoms with Gasteiger partial charge in [-0.25, -0.2) is 9.59 Å². The van der Waals surface area contributed by atoms with Crippen LogP contribution in [0.2, 0.25) is 0 Å². The molecule has 6 nitrogen and oxygen atoms in total. The van der Waals surface area contributed by atoms with Crippen molar-refractivity contribution in [3.63, 3.8) is 0 Å². The predicted octanol–water partition coefficient (Wildman–Crippen LogP) is 4.03. The molecule has 0 saturated carbocycles. The molecule has 0 bridgehead atoms. The van der Waals surface area contributed by atoms with Crippen molar-refractivity contribution in [1.82, 2.24) is 10.2 Å². The van der Waals surface area contributed by atoms with Gasteiger partial charge in [-0.1, -0.05) is 84.9 Å². The van der Waals surface area contributed by atoms with E-state index >= 15 is 0 Å². The van der Waals surface area contributed by atoms with Gasteiger partial charge in [0.25, 0.3) is 0 Å². The van der Waals surface area contributed by atoms with Gasteiger partial charge in [-0.15, -0.1) is 0 Å². The Balaban J connectivity index is 1.50. The van der Waals surface area contributed by atoms with E-state index in [0.29, 0.717) is 13.0 Å². The average Bonchev–Trinajstić information content (AvgIpc) is 2.86. The first-order valence-corrected chi connectivity index (χ1v) is 11.1. The molecule has 0 fully saturated rings. The van der Waals surface area contributed by atoms with Crippen LogP contribution in [0, 0.1) is 0 Å². The van der Waals surface area contributed by atoms with Gasteiger partial charge in [0, 0.05) is 13.1 Å². The number of carbonyl (C=O) groups is 2. The Bertz CT molecular complexity index is 1010. The van der Waals surface area contributed by atoms with E-state index in [4.69, 9.17) is 4.74 Å². The summed E-state index contributed by atoms with van der Waals surface area (Å²) in [5, 5.41) is 12.1. The number of esters is 1. The maximum Gasteiger partial charge on any atom is 0.328 e. The summed E-state index contributed by atoms with van der Waals surface area (Å²) < 4.78 is 5.29. The van der Waals surface area contributed by atoms with Crippen LogP contribution in [0.1, 0.15) is 18.1 Å². The fourth-order valence-corrected chi connectivity index (χ4v) is 3.38. The maximum atomic E-state index is 12.7. The van der Waals surface area contributed by atoms with Crippen molar-refractivity contribution in [2.24, 2.45) is 0 Å². The van der Waals surface area contributed by atoms with Gasteiger partial charge in [-0.2, -0.15) is 0 Å². The van der Waals surface area contributed by atoms with Gasteiger partial charge in [0.2, 0.25) is 0 Å². The Hall–Kier alpha value is -3.64. The minimum Gasteiger partial charge on any atom is -0.459 e. The molecular formula is C27H30N2O4. The second-order valence-corrected chi connectivity index (χ2v) is 7.79. The summed E-state index contributed by atoms with van der Waals surface area (Å²) in [6, 6.07) is 26.5. The number of aliphatic hydroxyl groups is 1. The number of hydrogen-bond donors (Lipinski definition) is 2. The number of hydrogen-bond acceptors (Lipinski definition) is 4. The summed E-state index contributed by atoms with van der Waals surface area (Å²) in [6.07, 6.45) is 0.634. The van der Waals surface area contributed by atoms with Crippen molar-refractivity contribution < 1.29 is 19.4 Å². The molecule has 3 aromatic carbocycles. The molecule has 0 aliphatic heterocycles. The molecule has 6 heteroatoms. The van der Waals surface area contributed by atoms with Crippen LogP contribution >= 0.6 is 0 Å². The molecule has 0 radical (unpaired) electrons. The number of urea groups is 1. The second kappa shape index (κ2) is 12.4. The highest BCUT2D eigenvalue weighted by atomic mass is 16.5. The molecule has 33 heavy (non-hydrogen) atoms. The molecule has 0 heterocycles. The summed E-state index contributed by atoms with van der Waals surface area (Å²) in [5.41, 5.74) is 4.25. The van der Waals surface area contributed by atoms with E-state index in [-0.39, 0.29) is 19.8 Å². The van der Waals surface area contributed by atoms with Crippen LogP contribution < -0.4 is 5.32 Å². The molecule has 0 unspecified atom stereocenters. The number of carbonyl (C=O) groups excluding carboxylic acids is 2. The minimum atomic E-state index is -0.799. The van der Waals surface area contributed by atoms with Crippen molar-refractivity contribution in [2.45, 2.75) is 26.0 Å². The van der Waals surface area contributed by atoms with E-state index in [2.05, 4.69) is 29.6 Å². The van der Waals surface area contributed by atoms with Crippen molar-refractivity contribution in [3.05, 3.63) is 96.1 Å². The van der Waals surface area contributed by atoms with Gasteiger partial charge < -0.3 is 20.1 Å². The molecule has 0 aliphatic rings. The number of benzene rings is 3. The highest BCUT2D eigenvalue weighted by Crippen LogP contribution is 2.19. The number of nitrogens with zero attached hydrogens (tertiary/aromatic N) is 1. The Morgan fingerprint density at radius 1 is 0.848 bits per heavy atom. The van der Waals surface area contributed by atoms with E-state index in [1.807, 2.05) is 60.7 Å². The fourth-order valence-electron chi connectivity index (χ4n) is 3.38. The van der Waals surface area contributed by atoms with Crippen LogP contribution in [0.5, 0.6) is 0 Å². The largest absolute Gasteiger partial charge is 0.459 e. The van der Waals surface area contributed by atoms with Crippen molar-refractivity contribution >= 4 is 12.0 Å². The van der Waals surface area contributed by atoms with Gasteiger partial charge in [0.1, 0.15) is 12.6 Å². The lowest BCUT2D eigenvalue weighted by molar-refractivity contribution is -0.146. The summed E-state index contributed by atoms with van der Waals surface area (Å²) in [6.45, 7) is 2.18. The predicted molar refractivity (Wildman–Crippen MR) is 128 cm³/mol. The first-order chi connectivity index (χ1) is 16.1. The SMILES string of the molecule is C[C@H](NC(=O)N(CCO)CCc1ccc(-c2ccccc2)cc1)C(=O)OCc1ccccc1. The molecule has 172 valence electrons. The summed E-state index contributed by atoms with van der Waals surface area (Å²) >= 11 is 0. The first-order valence-electron chi connectivity index (χ1n) is 11.1. The zero-order valence-electron chi connectivity index (χ0n) is 18.8. The third-order valence-electron chi connectivity index (χ3n) is 5.31. The molecule has 0 aromatic heterocycles. The number of amides is 2. The standard InChI is InChI=1S/C27H30N2O4/c1-21(26(31)33-20-23-8-4-2-5-9-23)28-27(32)29(18-19-30)17-16-22-12-14-25(15-13-22)24-10-6-3-7-11-24/h2-15,21,30H,16-20H2,1H3,(H,28,32)/t21-/m0/s1. The zero-order valence-corrected chi connectivity index (χ0v) is 18.8. The van der Waals surface area contributed by atoms with E-state index in [1.54, 1.807) is 6.92 Å². The molecule has 0 saturated heterocycles. The second-order valence-electron chi connectivity index (χ2n) is 7.79. The third kappa shape index (κ3) is 7.47. The van der Waals surface area contributed by atoms with Crippen LogP contribution in [0.25, 0.3) is 11.1 Å². The van der Waals surface area contributed by atoms with Gasteiger partial charge in [0.05, 0.1) is 6.61 Å². The average molecular weight is 447 g/mol. The smallest absolute Gasteiger partial charge is 0.328 e. The van der Waals surface area contributed by atoms with E-state index in [9.17, 15) is 14.7 Å². The van der Waals surface area contributed by atoms with Gasteiger partial charge in [-0.3, -0.25) is 0 Å². The van der Waals surface area contributed by atoms with E-state index in [0.717, 1.165) is 22.3 Å². The fraction of sp³-hybridized carbons (Fsp3) is 0.259. The molecule has 3 aromatic rings. The molecule has 2 amide bonds. The highest BCUT2D eigenvalue weighted by Gasteiger charge is 2.21. The van der Waals surface area contributed by atoms with Crippen LogP contribution in [-0.4, -0.2) is 47.7 Å². The summed E-state index contributed by atoms with van der Waals surface area (Å²) in [5.74, 6) is -0.507. The highest BCUT2D eigenvalue weighted by molar-refractivity contribution is 5.83. The molecule has 0 spiro atoms. The van der Waals surface area contributed by atoms with Crippen molar-refractivity contribution in [1.29, 1.82) is 0 Å². The van der Waals surface area contributed by atoms with Crippen molar-refractivity contribution in [2.75, 3.05) is 19.7 Å². The van der Waals surface area contributed by atoms with E-state index in [1.165, 1.54) is 4.90 Å². The normalized spacial score (nSPS) is 11.5. The Labute approximate surface area is 194 Å². The zero-order chi connectivity index (χ0) is 23.5. The van der Waals surface area contributed by atoms with Crippen LogP contribution in [0.4, 0.5) is 4.79 Å². The Kier molecular flexibility index (Phi) is 9.03. The topological polar surface area (TPSA) is 78.9 Å². The molecule has 0 aliphatic carbocycles. The van der Waals surface area contributed by atoms with Crippen LogP contribution in [-0.2, 0) is 22.6 Å². The van der Waals surface area contributed by atoms with E-state index < -0.39 is 18.0 Å². The molecule has 2 N–H and O–H groups in total.